The Balaban J connectivity index is 2.65. The maximum absolute atomic E-state index is 4.28. The average Bonchev–Trinajstić information content (AvgIpc) is 2.26. The van der Waals surface area contributed by atoms with Crippen molar-refractivity contribution in [2.75, 3.05) is 0 Å². The fourth-order valence-electron chi connectivity index (χ4n) is 1.40. The molecule has 1 aromatic carbocycles. The Hall–Kier alpha value is -1.81. The molecular formula is C13H11N. The van der Waals surface area contributed by atoms with Crippen LogP contribution in [0.4, 0.5) is 0 Å². The minimum absolute atomic E-state index is 0.886. The van der Waals surface area contributed by atoms with Crippen LogP contribution < -0.4 is 0 Å². The van der Waals surface area contributed by atoms with Gasteiger partial charge in [-0.3, -0.25) is 4.98 Å². The molecule has 0 aliphatic rings. The highest BCUT2D eigenvalue weighted by molar-refractivity contribution is 5.84. The number of nitrogens with zero attached hydrogens (tertiary/aromatic N) is 1. The number of rotatable bonds is 0. The molecule has 0 bridgehead atoms. The lowest BCUT2D eigenvalue weighted by Crippen LogP contribution is -1.81. The molecule has 0 unspecified atom stereocenters. The quantitative estimate of drug-likeness (QED) is 0.569. The van der Waals surface area contributed by atoms with Crippen LogP contribution in [0, 0.1) is 11.8 Å². The SMILES string of the molecule is CCC#Cc1cccc2ncccc12. The third-order valence-corrected chi connectivity index (χ3v) is 2.05. The van der Waals surface area contributed by atoms with E-state index in [1.165, 1.54) is 0 Å². The number of hydrogen-bond donors (Lipinski definition) is 0. The molecule has 0 saturated heterocycles. The van der Waals surface area contributed by atoms with E-state index in [-0.39, 0.29) is 0 Å². The topological polar surface area (TPSA) is 12.9 Å². The normalized spacial score (nSPS) is 9.50. The number of benzene rings is 1. The van der Waals surface area contributed by atoms with Crippen molar-refractivity contribution in [2.24, 2.45) is 0 Å². The summed E-state index contributed by atoms with van der Waals surface area (Å²) in [7, 11) is 0. The van der Waals surface area contributed by atoms with Gasteiger partial charge in [0.1, 0.15) is 0 Å². The van der Waals surface area contributed by atoms with E-state index in [1.54, 1.807) is 6.20 Å². The summed E-state index contributed by atoms with van der Waals surface area (Å²) in [4.78, 5) is 4.28. The summed E-state index contributed by atoms with van der Waals surface area (Å²) in [5.74, 6) is 6.23. The molecule has 0 N–H and O–H groups in total. The summed E-state index contributed by atoms with van der Waals surface area (Å²) in [5, 5.41) is 1.14. The zero-order valence-electron chi connectivity index (χ0n) is 8.12. The van der Waals surface area contributed by atoms with E-state index in [2.05, 4.69) is 29.8 Å². The molecule has 1 nitrogen and oxygen atoms in total. The van der Waals surface area contributed by atoms with E-state index < -0.39 is 0 Å². The summed E-state index contributed by atoms with van der Waals surface area (Å²) < 4.78 is 0. The molecule has 0 fully saturated rings. The van der Waals surface area contributed by atoms with Crippen LogP contribution in [-0.2, 0) is 0 Å². The van der Waals surface area contributed by atoms with Crippen LogP contribution in [0.15, 0.2) is 36.5 Å². The van der Waals surface area contributed by atoms with Gasteiger partial charge in [0.2, 0.25) is 0 Å². The van der Waals surface area contributed by atoms with Gasteiger partial charge in [-0.1, -0.05) is 30.9 Å². The van der Waals surface area contributed by atoms with Crippen molar-refractivity contribution in [3.8, 4) is 11.8 Å². The lowest BCUT2D eigenvalue weighted by molar-refractivity contribution is 1.28. The molecule has 0 aliphatic heterocycles. The molecule has 0 spiro atoms. The Morgan fingerprint density at radius 1 is 1.21 bits per heavy atom. The van der Waals surface area contributed by atoms with E-state index in [1.807, 2.05) is 24.3 Å². The van der Waals surface area contributed by atoms with Crippen molar-refractivity contribution in [1.82, 2.24) is 4.98 Å². The maximum Gasteiger partial charge on any atom is 0.0714 e. The number of aromatic nitrogens is 1. The molecular weight excluding hydrogens is 170 g/mol. The first kappa shape index (κ1) is 8.77. The molecule has 1 heteroatoms. The van der Waals surface area contributed by atoms with Gasteiger partial charge < -0.3 is 0 Å². The van der Waals surface area contributed by atoms with E-state index in [4.69, 9.17) is 0 Å². The van der Waals surface area contributed by atoms with Crippen LogP contribution in [0.3, 0.4) is 0 Å². The molecule has 0 radical (unpaired) electrons. The maximum atomic E-state index is 4.28. The van der Waals surface area contributed by atoms with Crippen LogP contribution in [0.5, 0.6) is 0 Å². The van der Waals surface area contributed by atoms with E-state index in [0.717, 1.165) is 22.9 Å². The van der Waals surface area contributed by atoms with Crippen molar-refractivity contribution in [3.63, 3.8) is 0 Å². The molecule has 0 aliphatic carbocycles. The van der Waals surface area contributed by atoms with E-state index >= 15 is 0 Å². The van der Waals surface area contributed by atoms with E-state index in [0.29, 0.717) is 0 Å². The van der Waals surface area contributed by atoms with Crippen molar-refractivity contribution >= 4 is 10.9 Å². The van der Waals surface area contributed by atoms with Crippen molar-refractivity contribution in [1.29, 1.82) is 0 Å². The lowest BCUT2D eigenvalue weighted by atomic mass is 10.1. The van der Waals surface area contributed by atoms with Crippen LogP contribution in [-0.4, -0.2) is 4.98 Å². The molecule has 1 heterocycles. The fourth-order valence-corrected chi connectivity index (χ4v) is 1.40. The third kappa shape index (κ3) is 1.60. The van der Waals surface area contributed by atoms with Crippen molar-refractivity contribution in [3.05, 3.63) is 42.1 Å². The smallest absolute Gasteiger partial charge is 0.0714 e. The van der Waals surface area contributed by atoms with Crippen molar-refractivity contribution in [2.45, 2.75) is 13.3 Å². The van der Waals surface area contributed by atoms with Gasteiger partial charge in [0.05, 0.1) is 5.52 Å². The standard InChI is InChI=1S/C13H11N/c1-2-3-6-11-7-4-9-13-12(11)8-5-10-14-13/h4-5,7-10H,2H2,1H3. The van der Waals surface area contributed by atoms with Crippen LogP contribution in [0.25, 0.3) is 10.9 Å². The molecule has 0 atom stereocenters. The van der Waals surface area contributed by atoms with Gasteiger partial charge in [-0.25, -0.2) is 0 Å². The van der Waals surface area contributed by atoms with Gasteiger partial charge in [-0.05, 0) is 18.2 Å². The minimum Gasteiger partial charge on any atom is -0.256 e. The zero-order valence-corrected chi connectivity index (χ0v) is 8.12. The lowest BCUT2D eigenvalue weighted by Gasteiger charge is -1.97. The Bertz CT molecular complexity index is 498. The van der Waals surface area contributed by atoms with Gasteiger partial charge in [0.25, 0.3) is 0 Å². The Kier molecular flexibility index (Phi) is 2.46. The predicted molar refractivity (Wildman–Crippen MR) is 58.9 cm³/mol. The van der Waals surface area contributed by atoms with Gasteiger partial charge in [-0.15, -0.1) is 0 Å². The van der Waals surface area contributed by atoms with Crippen LogP contribution in [0.1, 0.15) is 18.9 Å². The average molecular weight is 181 g/mol. The van der Waals surface area contributed by atoms with Crippen molar-refractivity contribution < 1.29 is 0 Å². The van der Waals surface area contributed by atoms with Crippen LogP contribution >= 0.6 is 0 Å². The highest BCUT2D eigenvalue weighted by atomic mass is 14.6. The molecule has 0 amide bonds. The third-order valence-electron chi connectivity index (χ3n) is 2.05. The molecule has 2 aromatic rings. The molecule has 68 valence electrons. The Morgan fingerprint density at radius 2 is 2.14 bits per heavy atom. The Labute approximate surface area is 83.8 Å². The highest BCUT2D eigenvalue weighted by Gasteiger charge is 1.96. The summed E-state index contributed by atoms with van der Waals surface area (Å²) in [6.45, 7) is 2.05. The first-order chi connectivity index (χ1) is 6.92. The first-order valence-corrected chi connectivity index (χ1v) is 4.74. The monoisotopic (exact) mass is 181 g/mol. The second-order valence-corrected chi connectivity index (χ2v) is 3.03. The molecule has 0 saturated carbocycles. The molecule has 14 heavy (non-hydrogen) atoms. The number of pyridine rings is 1. The van der Waals surface area contributed by atoms with Gasteiger partial charge in [-0.2, -0.15) is 0 Å². The van der Waals surface area contributed by atoms with Crippen LogP contribution in [0.2, 0.25) is 0 Å². The fraction of sp³-hybridized carbons (Fsp3) is 0.154. The van der Waals surface area contributed by atoms with Gasteiger partial charge in [0, 0.05) is 23.6 Å². The number of fused-ring (bicyclic) bond motifs is 1. The summed E-state index contributed by atoms with van der Waals surface area (Å²) in [6, 6.07) is 10.0. The van der Waals surface area contributed by atoms with Gasteiger partial charge >= 0.3 is 0 Å². The highest BCUT2D eigenvalue weighted by Crippen LogP contribution is 2.14. The predicted octanol–water partition coefficient (Wildman–Crippen LogP) is 3.00. The molecule has 2 rings (SSSR count). The largest absolute Gasteiger partial charge is 0.256 e. The first-order valence-electron chi connectivity index (χ1n) is 4.74. The molecule has 1 aromatic heterocycles. The van der Waals surface area contributed by atoms with Gasteiger partial charge in [0.15, 0.2) is 0 Å². The van der Waals surface area contributed by atoms with E-state index in [9.17, 15) is 0 Å². The summed E-state index contributed by atoms with van der Waals surface area (Å²) in [6.07, 6.45) is 2.69. The zero-order chi connectivity index (χ0) is 9.80. The second-order valence-electron chi connectivity index (χ2n) is 3.03. The Morgan fingerprint density at radius 3 is 3.00 bits per heavy atom. The second kappa shape index (κ2) is 3.93. The number of hydrogen-bond acceptors (Lipinski definition) is 1. The summed E-state index contributed by atoms with van der Waals surface area (Å²) >= 11 is 0. The minimum atomic E-state index is 0.886. The summed E-state index contributed by atoms with van der Waals surface area (Å²) in [5.41, 5.74) is 2.08.